The summed E-state index contributed by atoms with van der Waals surface area (Å²) in [6.07, 6.45) is 1.31. The van der Waals surface area contributed by atoms with Crippen LogP contribution in [0.2, 0.25) is 0 Å². The molecule has 1 saturated heterocycles. The van der Waals surface area contributed by atoms with E-state index in [4.69, 9.17) is 0 Å². The van der Waals surface area contributed by atoms with E-state index in [2.05, 4.69) is 46.1 Å². The summed E-state index contributed by atoms with van der Waals surface area (Å²) in [5.74, 6) is 0. The highest BCUT2D eigenvalue weighted by atomic mass is 127. The fourth-order valence-corrected chi connectivity index (χ4v) is 1.68. The molecule has 1 fully saturated rings. The maximum Gasteiger partial charge on any atom is 0.384 e. The van der Waals surface area contributed by atoms with Crippen LogP contribution < -0.4 is 0 Å². The van der Waals surface area contributed by atoms with Gasteiger partial charge in [-0.05, 0) is 33.6 Å². The number of hydrogen-bond donors (Lipinski definition) is 0. The molecule has 1 rings (SSSR count). The summed E-state index contributed by atoms with van der Waals surface area (Å²) in [5, 5.41) is 0. The van der Waals surface area contributed by atoms with Gasteiger partial charge in [0.2, 0.25) is 0 Å². The molecule has 0 N–H and O–H groups in total. The normalized spacial score (nSPS) is 25.0. The van der Waals surface area contributed by atoms with Crippen LogP contribution in [0.4, 0.5) is 0 Å². The molecule has 0 amide bonds. The highest BCUT2D eigenvalue weighted by molar-refractivity contribution is 14.1. The highest BCUT2D eigenvalue weighted by Crippen LogP contribution is 2.11. The zero-order valence-corrected chi connectivity index (χ0v) is 8.13. The predicted octanol–water partition coefficient (Wildman–Crippen LogP) is 0.674. The molecule has 0 aromatic heterocycles. The van der Waals surface area contributed by atoms with Crippen LogP contribution in [0.25, 0.3) is 0 Å². The van der Waals surface area contributed by atoms with Gasteiger partial charge in [0.25, 0.3) is 0 Å². The third-order valence-corrected chi connectivity index (χ3v) is 3.65. The fraction of sp³-hybridized carbons (Fsp3) is 1.00. The number of halogens is 1. The molecule has 0 radical (unpaired) electrons. The molecule has 0 aromatic rings. The Hall–Kier alpha value is 0.715. The first-order valence-electron chi connectivity index (χ1n) is 3.26. The van der Waals surface area contributed by atoms with Crippen molar-refractivity contribution in [1.82, 2.24) is 9.62 Å². The first kappa shape index (κ1) is 7.82. The second-order valence-corrected chi connectivity index (χ2v) is 3.74. The van der Waals surface area contributed by atoms with Crippen LogP contribution in [-0.4, -0.2) is 41.6 Å². The minimum absolute atomic E-state index is 0.608. The van der Waals surface area contributed by atoms with E-state index >= 15 is 0 Å². The Balaban J connectivity index is 2.41. The molecule has 1 heterocycles. The molecular formula is C5H12BIN2. The Morgan fingerprint density at radius 1 is 1.22 bits per heavy atom. The van der Waals surface area contributed by atoms with Gasteiger partial charge >= 0.3 is 4.84 Å². The van der Waals surface area contributed by atoms with Crippen molar-refractivity contribution < 1.29 is 0 Å². The van der Waals surface area contributed by atoms with Crippen molar-refractivity contribution in [3.05, 3.63) is 0 Å². The lowest BCUT2D eigenvalue weighted by molar-refractivity contribution is 0.361. The molecule has 0 unspecified atom stereocenters. The SMILES string of the molecule is CN1CCCN(C)B1I. The van der Waals surface area contributed by atoms with Crippen LogP contribution in [0.15, 0.2) is 0 Å². The third-order valence-electron chi connectivity index (χ3n) is 1.75. The largest absolute Gasteiger partial charge is 0.384 e. The van der Waals surface area contributed by atoms with Crippen LogP contribution in [0.3, 0.4) is 0 Å². The Morgan fingerprint density at radius 3 is 2.00 bits per heavy atom. The van der Waals surface area contributed by atoms with Gasteiger partial charge in [-0.25, -0.2) is 0 Å². The lowest BCUT2D eigenvalue weighted by Crippen LogP contribution is -2.50. The summed E-state index contributed by atoms with van der Waals surface area (Å²) >= 11 is 2.46. The topological polar surface area (TPSA) is 6.48 Å². The zero-order valence-electron chi connectivity index (χ0n) is 5.97. The molecule has 9 heavy (non-hydrogen) atoms. The maximum atomic E-state index is 2.46. The molecule has 2 nitrogen and oxygen atoms in total. The minimum Gasteiger partial charge on any atom is -0.322 e. The summed E-state index contributed by atoms with van der Waals surface area (Å²) in [4.78, 5) is 5.34. The number of hydrogen-bond acceptors (Lipinski definition) is 2. The van der Waals surface area contributed by atoms with Crippen LogP contribution in [0.5, 0.6) is 0 Å². The van der Waals surface area contributed by atoms with E-state index in [-0.39, 0.29) is 0 Å². The molecule has 0 saturated carbocycles. The summed E-state index contributed by atoms with van der Waals surface area (Å²) in [5.41, 5.74) is 0. The van der Waals surface area contributed by atoms with E-state index in [0.29, 0.717) is 4.84 Å². The van der Waals surface area contributed by atoms with E-state index in [1.807, 2.05) is 0 Å². The first-order chi connectivity index (χ1) is 4.22. The van der Waals surface area contributed by atoms with Gasteiger partial charge in [0, 0.05) is 0 Å². The van der Waals surface area contributed by atoms with Crippen molar-refractivity contribution in [1.29, 1.82) is 0 Å². The maximum absolute atomic E-state index is 2.46. The van der Waals surface area contributed by atoms with E-state index in [1.54, 1.807) is 0 Å². The zero-order chi connectivity index (χ0) is 6.85. The van der Waals surface area contributed by atoms with Crippen LogP contribution in [-0.2, 0) is 0 Å². The number of nitrogens with zero attached hydrogens (tertiary/aromatic N) is 2. The van der Waals surface area contributed by atoms with Gasteiger partial charge in [0.05, 0.1) is 0 Å². The molecule has 4 heteroatoms. The molecule has 0 aromatic carbocycles. The molecule has 0 spiro atoms. The van der Waals surface area contributed by atoms with Gasteiger partial charge < -0.3 is 9.62 Å². The van der Waals surface area contributed by atoms with Crippen molar-refractivity contribution in [2.75, 3.05) is 27.2 Å². The average molecular weight is 238 g/mol. The van der Waals surface area contributed by atoms with Crippen LogP contribution >= 0.6 is 22.4 Å². The van der Waals surface area contributed by atoms with Gasteiger partial charge in [-0.1, -0.05) is 0 Å². The van der Waals surface area contributed by atoms with Gasteiger partial charge in [0.15, 0.2) is 0 Å². The van der Waals surface area contributed by atoms with Crippen molar-refractivity contribution in [3.63, 3.8) is 0 Å². The Kier molecular flexibility index (Phi) is 2.79. The Labute approximate surface area is 70.6 Å². The molecule has 0 aliphatic carbocycles. The standard InChI is InChI=1S/C5H12BIN2/c1-8-4-3-5-9(2)6(8)7/h3-5H2,1-2H3. The van der Waals surface area contributed by atoms with Gasteiger partial charge in [0.1, 0.15) is 0 Å². The van der Waals surface area contributed by atoms with Gasteiger partial charge in [-0.3, -0.25) is 0 Å². The molecular weight excluding hydrogens is 226 g/mol. The lowest BCUT2D eigenvalue weighted by Gasteiger charge is -2.33. The highest BCUT2D eigenvalue weighted by Gasteiger charge is 2.25. The summed E-state index contributed by atoms with van der Waals surface area (Å²) in [6.45, 7) is 2.50. The minimum atomic E-state index is 0.608. The van der Waals surface area contributed by atoms with E-state index in [0.717, 1.165) is 0 Å². The Bertz CT molecular complexity index is 91.0. The summed E-state index contributed by atoms with van der Waals surface area (Å²) in [6, 6.07) is 0. The van der Waals surface area contributed by atoms with E-state index in [1.165, 1.54) is 19.5 Å². The predicted molar refractivity (Wildman–Crippen MR) is 49.7 cm³/mol. The second-order valence-electron chi connectivity index (χ2n) is 2.63. The molecule has 0 bridgehead atoms. The number of rotatable bonds is 0. The lowest BCUT2D eigenvalue weighted by atomic mass is 10.0. The van der Waals surface area contributed by atoms with E-state index < -0.39 is 0 Å². The van der Waals surface area contributed by atoms with Crippen molar-refractivity contribution in [3.8, 4) is 0 Å². The van der Waals surface area contributed by atoms with E-state index in [9.17, 15) is 0 Å². The quantitative estimate of drug-likeness (QED) is 0.452. The molecule has 1 aliphatic rings. The molecule has 1 aliphatic heterocycles. The van der Waals surface area contributed by atoms with Gasteiger partial charge in [-0.15, -0.1) is 22.4 Å². The summed E-state index contributed by atoms with van der Waals surface area (Å²) in [7, 11) is 4.35. The molecule has 52 valence electrons. The average Bonchev–Trinajstić information content (AvgIpc) is 1.83. The monoisotopic (exact) mass is 238 g/mol. The van der Waals surface area contributed by atoms with Gasteiger partial charge in [-0.2, -0.15) is 0 Å². The van der Waals surface area contributed by atoms with Crippen molar-refractivity contribution in [2.24, 2.45) is 0 Å². The van der Waals surface area contributed by atoms with Crippen LogP contribution in [0, 0.1) is 0 Å². The smallest absolute Gasteiger partial charge is 0.322 e. The van der Waals surface area contributed by atoms with Crippen molar-refractivity contribution >= 4 is 27.2 Å². The second kappa shape index (κ2) is 3.21. The van der Waals surface area contributed by atoms with Crippen molar-refractivity contribution in [2.45, 2.75) is 6.42 Å². The molecule has 0 atom stereocenters. The summed E-state index contributed by atoms with van der Waals surface area (Å²) < 4.78 is 0. The Morgan fingerprint density at radius 2 is 1.67 bits per heavy atom. The first-order valence-corrected chi connectivity index (χ1v) is 4.51. The third kappa shape index (κ3) is 1.81. The van der Waals surface area contributed by atoms with Crippen LogP contribution in [0.1, 0.15) is 6.42 Å². The fourth-order valence-electron chi connectivity index (χ4n) is 1.12.